The molecule has 1 aromatic heterocycles. The minimum absolute atomic E-state index is 0.322. The van der Waals surface area contributed by atoms with Crippen molar-refractivity contribution in [1.82, 2.24) is 4.98 Å². The SMILES string of the molecule is CC(C)(C)C1CC1.CC(C)(C)C1CCC1.CC(C)(C)Cc1ccccc1.CC(C)(C)Cc1ccccc1.CC(C)C(C)C(C)(C)C.CC(C1CCCCC1)C(C)(C)C.CC(c1ccc2ccccc2c1)C(C)(C)C.CC(c1ccccc1)C(C)(C)C.CC(c1ccncc1)C(C)(C)C.CCC(C)C(C)(C)C.Cc1ccc(C(C)C(C)(C)C)cc1. The monoisotopic (exact) mass is 1630 g/mol. The number of pyridine rings is 1. The van der Waals surface area contributed by atoms with E-state index in [1.807, 2.05) is 12.4 Å². The smallest absolute Gasteiger partial charge is 0.0270 e. The first-order valence-corrected chi connectivity index (χ1v) is 47.7. The molecule has 1 heteroatoms. The van der Waals surface area contributed by atoms with Gasteiger partial charge in [0.05, 0.1) is 0 Å². The van der Waals surface area contributed by atoms with Gasteiger partial charge < -0.3 is 0 Å². The number of hydrogen-bond donors (Lipinski definition) is 0. The number of rotatable bonds is 9. The Bertz CT molecular complexity index is 3520. The molecule has 3 saturated carbocycles. The quantitative estimate of drug-likeness (QED) is 0.140. The summed E-state index contributed by atoms with van der Waals surface area (Å²) in [7, 11) is 0. The maximum absolute atomic E-state index is 4.01. The average Bonchev–Trinajstić information content (AvgIpc) is 0.837. The molecule has 0 aliphatic heterocycles. The van der Waals surface area contributed by atoms with Crippen LogP contribution in [0.2, 0.25) is 0 Å². The molecule has 1 nitrogen and oxygen atoms in total. The van der Waals surface area contributed by atoms with Crippen molar-refractivity contribution in [2.45, 2.75) is 412 Å². The molecule has 7 atom stereocenters. The summed E-state index contributed by atoms with van der Waals surface area (Å²) in [5.74, 6) is 8.88. The maximum atomic E-state index is 4.01. The van der Waals surface area contributed by atoms with Crippen LogP contribution in [0.3, 0.4) is 0 Å². The summed E-state index contributed by atoms with van der Waals surface area (Å²) in [4.78, 5) is 4.01. The maximum Gasteiger partial charge on any atom is 0.0270 e. The molecule has 0 radical (unpaired) electrons. The van der Waals surface area contributed by atoms with Gasteiger partial charge in [-0.2, -0.15) is 0 Å². The summed E-state index contributed by atoms with van der Waals surface area (Å²) in [5.41, 5.74) is 14.8. The highest BCUT2D eigenvalue weighted by atomic mass is 14.6. The Morgan fingerprint density at radius 1 is 0.303 bits per heavy atom. The Labute approximate surface area is 744 Å². The molecule has 3 aliphatic rings. The standard InChI is InChI=1S/C16H20.C13H20.C12H24.C12H18.C11H17N.2C11H16.C9H20.C8H16.C8H18.C7H14/c1-12(16(2,3)4)14-10-9-13-7-5-6-8-15(13)11-14;1-10-6-8-12(9-7-10)11(2)13(3,4)5;2*1-10(12(2,3)4)11-8-6-5-7-9-11;1-9(11(2,3)4)10-5-7-12-8-6-10;2*1-11(2,3)9-10-7-5-4-6-8-10;1-7(2)8(3)9(4,5)6;1-8(2,3)7-5-4-6-7;1-6-7(2)8(3,4)5;1-7(2,3)6-4-5-6/h5-12H,1-4H3;6-9,11H,1-5H3;10-11H,5-9H2,1-4H3;5-10H,1-4H3;5-9H,1-4H3;2*4-8H,9H2,1-3H3;7-8H,1-6H3;7H,4-6H2,1-3H3;7H,6H2,1-5H3;6H,4-5H2,1-3H3. The van der Waals surface area contributed by atoms with Gasteiger partial charge >= 0.3 is 0 Å². The van der Waals surface area contributed by atoms with Gasteiger partial charge in [0.25, 0.3) is 0 Å². The fraction of sp³-hybridized carbons (Fsp3) is 0.669. The summed E-state index contributed by atoms with van der Waals surface area (Å²) < 4.78 is 0. The van der Waals surface area contributed by atoms with Crippen LogP contribution in [-0.4, -0.2) is 4.98 Å². The number of aromatic nitrogens is 1. The number of nitrogens with zero attached hydrogens (tertiary/aromatic N) is 1. The fourth-order valence-electron chi connectivity index (χ4n) is 14.3. The Kier molecular flexibility index (Phi) is 49.6. The van der Waals surface area contributed by atoms with Gasteiger partial charge in [0, 0.05) is 12.4 Å². The molecule has 0 bridgehead atoms. The van der Waals surface area contributed by atoms with Crippen molar-refractivity contribution in [3.63, 3.8) is 0 Å². The van der Waals surface area contributed by atoms with E-state index in [2.05, 4.69) is 479 Å². The summed E-state index contributed by atoms with van der Waals surface area (Å²) in [6.45, 7) is 101. The van der Waals surface area contributed by atoms with E-state index < -0.39 is 0 Å². The lowest BCUT2D eigenvalue weighted by Crippen LogP contribution is -2.27. The predicted molar refractivity (Wildman–Crippen MR) is 543 cm³/mol. The van der Waals surface area contributed by atoms with Gasteiger partial charge in [-0.1, -0.05) is 506 Å². The van der Waals surface area contributed by atoms with Crippen LogP contribution in [0.15, 0.2) is 182 Å². The Balaban J connectivity index is 0.00000130. The van der Waals surface area contributed by atoms with Gasteiger partial charge in [-0.3, -0.25) is 4.98 Å². The molecule has 1 heterocycles. The molecule has 7 unspecified atom stereocenters. The number of fused-ring (bicyclic) bond motifs is 1. The van der Waals surface area contributed by atoms with Crippen LogP contribution in [0.25, 0.3) is 10.8 Å². The normalized spacial score (nSPS) is 16.1. The molecule has 119 heavy (non-hydrogen) atoms. The van der Waals surface area contributed by atoms with Crippen molar-refractivity contribution in [1.29, 1.82) is 0 Å². The van der Waals surface area contributed by atoms with Gasteiger partial charge in [-0.25, -0.2) is 0 Å². The summed E-state index contributed by atoms with van der Waals surface area (Å²) >= 11 is 0. The third-order valence-corrected chi connectivity index (χ3v) is 27.0. The molecule has 3 fully saturated rings. The minimum atomic E-state index is 0.322. The predicted octanol–water partition coefficient (Wildman–Crippen LogP) is 38.7. The highest BCUT2D eigenvalue weighted by Crippen LogP contribution is 2.46. The molecule has 0 N–H and O–H groups in total. The highest BCUT2D eigenvalue weighted by molar-refractivity contribution is 5.83. The van der Waals surface area contributed by atoms with Crippen molar-refractivity contribution in [2.24, 2.45) is 101 Å². The van der Waals surface area contributed by atoms with Crippen molar-refractivity contribution in [3.05, 3.63) is 221 Å². The second-order valence-corrected chi connectivity index (χ2v) is 49.3. The molecule has 0 saturated heterocycles. The van der Waals surface area contributed by atoms with Gasteiger partial charge in [0.15, 0.2) is 0 Å². The van der Waals surface area contributed by atoms with E-state index in [-0.39, 0.29) is 0 Å². The molecule has 6 aromatic carbocycles. The molecule has 3 aliphatic carbocycles. The number of aryl methyl sites for hydroxylation is 1. The molecular weight excluding hydrogens is 1430 g/mol. The summed E-state index contributed by atoms with van der Waals surface area (Å²) in [6.07, 6.45) is 22.1. The van der Waals surface area contributed by atoms with Crippen molar-refractivity contribution >= 4 is 10.8 Å². The lowest BCUT2D eigenvalue weighted by molar-refractivity contribution is 0.141. The van der Waals surface area contributed by atoms with E-state index in [0.717, 1.165) is 54.3 Å². The average molecular weight is 1630 g/mol. The first kappa shape index (κ1) is 114. The van der Waals surface area contributed by atoms with Gasteiger partial charge in [0.2, 0.25) is 0 Å². The minimum Gasteiger partial charge on any atom is -0.265 e. The lowest BCUT2D eigenvalue weighted by Gasteiger charge is -2.37. The van der Waals surface area contributed by atoms with E-state index in [9.17, 15) is 0 Å². The fourth-order valence-corrected chi connectivity index (χ4v) is 14.3. The molecule has 676 valence electrons. The summed E-state index contributed by atoms with van der Waals surface area (Å²) in [5, 5.41) is 2.67. The van der Waals surface area contributed by atoms with Gasteiger partial charge in [0.1, 0.15) is 0 Å². The van der Waals surface area contributed by atoms with Crippen molar-refractivity contribution in [2.75, 3.05) is 0 Å². The van der Waals surface area contributed by atoms with Crippen molar-refractivity contribution < 1.29 is 0 Å². The Morgan fingerprint density at radius 3 is 0.899 bits per heavy atom. The number of hydrogen-bond acceptors (Lipinski definition) is 1. The second kappa shape index (κ2) is 51.9. The molecule has 0 amide bonds. The van der Waals surface area contributed by atoms with Crippen LogP contribution in [0.4, 0.5) is 0 Å². The zero-order valence-corrected chi connectivity index (χ0v) is 87.3. The molecular formula is C118H199N. The number of benzene rings is 6. The van der Waals surface area contributed by atoms with Crippen molar-refractivity contribution in [3.8, 4) is 0 Å². The lowest BCUT2D eigenvalue weighted by atomic mass is 9.69. The third-order valence-electron chi connectivity index (χ3n) is 27.0. The molecule has 10 rings (SSSR count). The third kappa shape index (κ3) is 51.6. The van der Waals surface area contributed by atoms with Crippen LogP contribution in [0.1, 0.15) is 431 Å². The highest BCUT2D eigenvalue weighted by Gasteiger charge is 2.34. The van der Waals surface area contributed by atoms with E-state index in [1.165, 1.54) is 120 Å². The second-order valence-electron chi connectivity index (χ2n) is 49.3. The topological polar surface area (TPSA) is 12.9 Å². The zero-order chi connectivity index (χ0) is 92.2. The first-order chi connectivity index (χ1) is 54.1. The zero-order valence-electron chi connectivity index (χ0n) is 87.3. The van der Waals surface area contributed by atoms with Crippen LogP contribution >= 0.6 is 0 Å². The van der Waals surface area contributed by atoms with Gasteiger partial charge in [-0.15, -0.1) is 0 Å². The summed E-state index contributed by atoms with van der Waals surface area (Å²) in [6, 6.07) is 60.4. The first-order valence-electron chi connectivity index (χ1n) is 47.7. The van der Waals surface area contributed by atoms with E-state index in [4.69, 9.17) is 0 Å². The Hall–Kier alpha value is -5.27. The largest absolute Gasteiger partial charge is 0.265 e. The molecule has 7 aromatic rings. The van der Waals surface area contributed by atoms with Gasteiger partial charge in [-0.05, 0) is 226 Å². The van der Waals surface area contributed by atoms with Crippen LogP contribution in [-0.2, 0) is 12.8 Å². The molecule has 0 spiro atoms. The van der Waals surface area contributed by atoms with E-state index in [1.54, 1.807) is 0 Å². The van der Waals surface area contributed by atoms with E-state index >= 15 is 0 Å². The van der Waals surface area contributed by atoms with Crippen LogP contribution in [0, 0.1) is 108 Å². The van der Waals surface area contributed by atoms with Crippen LogP contribution < -0.4 is 0 Å². The van der Waals surface area contributed by atoms with E-state index in [0.29, 0.717) is 83.2 Å². The van der Waals surface area contributed by atoms with Crippen LogP contribution in [0.5, 0.6) is 0 Å². The Morgan fingerprint density at radius 2 is 0.630 bits per heavy atom.